The number of hydrogen-bond acceptors (Lipinski definition) is 1. The van der Waals surface area contributed by atoms with Crippen LogP contribution in [0, 0.1) is 5.82 Å². The molecular formula is C14H12ClFN2O. The monoisotopic (exact) mass is 278 g/mol. The lowest BCUT2D eigenvalue weighted by Crippen LogP contribution is -2.35. The van der Waals surface area contributed by atoms with Gasteiger partial charge in [-0.15, -0.1) is 0 Å². The molecule has 0 saturated heterocycles. The first kappa shape index (κ1) is 13.4. The summed E-state index contributed by atoms with van der Waals surface area (Å²) in [7, 11) is 0. The average molecular weight is 279 g/mol. The van der Waals surface area contributed by atoms with Crippen LogP contribution < -0.4 is 10.6 Å². The molecule has 98 valence electrons. The Morgan fingerprint density at radius 3 is 2.47 bits per heavy atom. The fraction of sp³-hybridized carbons (Fsp3) is 0.0714. The molecule has 0 heterocycles. The van der Waals surface area contributed by atoms with E-state index >= 15 is 0 Å². The van der Waals surface area contributed by atoms with Gasteiger partial charge in [0.25, 0.3) is 0 Å². The van der Waals surface area contributed by atoms with Crippen molar-refractivity contribution in [1.82, 2.24) is 0 Å². The van der Waals surface area contributed by atoms with Gasteiger partial charge in [0.2, 0.25) is 0 Å². The van der Waals surface area contributed by atoms with E-state index in [0.29, 0.717) is 5.69 Å². The minimum Gasteiger partial charge on any atom is -0.351 e. The molecule has 2 aromatic rings. The summed E-state index contributed by atoms with van der Waals surface area (Å²) in [4.78, 5) is 12.8. The van der Waals surface area contributed by atoms with E-state index in [-0.39, 0.29) is 11.6 Å². The van der Waals surface area contributed by atoms with Gasteiger partial charge < -0.3 is 5.73 Å². The van der Waals surface area contributed by atoms with Gasteiger partial charge >= 0.3 is 6.03 Å². The molecule has 0 aromatic heterocycles. The van der Waals surface area contributed by atoms with Gasteiger partial charge in [-0.05, 0) is 23.8 Å². The van der Waals surface area contributed by atoms with Crippen molar-refractivity contribution < 1.29 is 9.18 Å². The van der Waals surface area contributed by atoms with Gasteiger partial charge in [-0.25, -0.2) is 9.18 Å². The molecule has 0 saturated carbocycles. The highest BCUT2D eigenvalue weighted by atomic mass is 35.5. The van der Waals surface area contributed by atoms with Crippen LogP contribution in [0.2, 0.25) is 5.02 Å². The molecule has 0 aliphatic rings. The lowest BCUT2D eigenvalue weighted by Gasteiger charge is -2.21. The molecule has 0 spiro atoms. The Hall–Kier alpha value is -2.07. The van der Waals surface area contributed by atoms with E-state index in [9.17, 15) is 9.18 Å². The van der Waals surface area contributed by atoms with Crippen molar-refractivity contribution in [2.45, 2.75) is 6.54 Å². The van der Waals surface area contributed by atoms with Gasteiger partial charge in [-0.1, -0.05) is 41.9 Å². The van der Waals surface area contributed by atoms with Crippen LogP contribution in [-0.4, -0.2) is 6.03 Å². The van der Waals surface area contributed by atoms with E-state index in [1.165, 1.54) is 17.0 Å². The van der Waals surface area contributed by atoms with Gasteiger partial charge in [-0.3, -0.25) is 4.90 Å². The van der Waals surface area contributed by atoms with Crippen molar-refractivity contribution in [3.8, 4) is 0 Å². The SMILES string of the molecule is NC(=O)N(Cc1ccccc1)c1ccc(F)cc1Cl. The molecule has 2 rings (SSSR count). The molecule has 19 heavy (non-hydrogen) atoms. The first-order valence-corrected chi connectivity index (χ1v) is 6.01. The van der Waals surface area contributed by atoms with Gasteiger partial charge in [0.1, 0.15) is 5.82 Å². The average Bonchev–Trinajstić information content (AvgIpc) is 2.38. The van der Waals surface area contributed by atoms with Crippen LogP contribution in [0.4, 0.5) is 14.9 Å². The number of halogens is 2. The molecule has 0 radical (unpaired) electrons. The van der Waals surface area contributed by atoms with Gasteiger partial charge in [0.15, 0.2) is 0 Å². The maximum absolute atomic E-state index is 13.0. The summed E-state index contributed by atoms with van der Waals surface area (Å²) >= 11 is 5.95. The van der Waals surface area contributed by atoms with Crippen molar-refractivity contribution in [3.63, 3.8) is 0 Å². The summed E-state index contributed by atoms with van der Waals surface area (Å²) in [6.07, 6.45) is 0. The quantitative estimate of drug-likeness (QED) is 0.917. The maximum atomic E-state index is 13.0. The van der Waals surface area contributed by atoms with Gasteiger partial charge in [0, 0.05) is 0 Å². The van der Waals surface area contributed by atoms with Crippen LogP contribution in [0.25, 0.3) is 0 Å². The van der Waals surface area contributed by atoms with Crippen LogP contribution in [-0.2, 0) is 6.54 Å². The van der Waals surface area contributed by atoms with Crippen molar-refractivity contribution in [2.24, 2.45) is 5.73 Å². The van der Waals surface area contributed by atoms with Gasteiger partial charge in [-0.2, -0.15) is 0 Å². The summed E-state index contributed by atoms with van der Waals surface area (Å²) in [5.74, 6) is -0.460. The lowest BCUT2D eigenvalue weighted by atomic mass is 10.2. The first-order valence-electron chi connectivity index (χ1n) is 5.64. The van der Waals surface area contributed by atoms with E-state index in [1.54, 1.807) is 0 Å². The number of urea groups is 1. The molecule has 5 heteroatoms. The summed E-state index contributed by atoms with van der Waals surface area (Å²) < 4.78 is 13.0. The third kappa shape index (κ3) is 3.23. The number of amides is 2. The number of anilines is 1. The third-order valence-corrected chi connectivity index (χ3v) is 2.95. The summed E-state index contributed by atoms with van der Waals surface area (Å²) in [5, 5.41) is 0.148. The zero-order chi connectivity index (χ0) is 13.8. The van der Waals surface area contributed by atoms with Crippen LogP contribution in [0.5, 0.6) is 0 Å². The maximum Gasteiger partial charge on any atom is 0.319 e. The number of rotatable bonds is 3. The number of carbonyl (C=O) groups is 1. The predicted molar refractivity (Wildman–Crippen MR) is 73.6 cm³/mol. The third-order valence-electron chi connectivity index (χ3n) is 2.65. The number of carbonyl (C=O) groups excluding carboxylic acids is 1. The Bertz CT molecular complexity index is 589. The topological polar surface area (TPSA) is 46.3 Å². The Morgan fingerprint density at radius 2 is 1.89 bits per heavy atom. The molecule has 0 bridgehead atoms. The van der Waals surface area contributed by atoms with Crippen molar-refractivity contribution in [2.75, 3.05) is 4.90 Å². The molecule has 2 N–H and O–H groups in total. The molecule has 0 aliphatic heterocycles. The zero-order valence-corrected chi connectivity index (χ0v) is 10.8. The number of benzene rings is 2. The smallest absolute Gasteiger partial charge is 0.319 e. The molecular weight excluding hydrogens is 267 g/mol. The van der Waals surface area contributed by atoms with Crippen molar-refractivity contribution in [1.29, 1.82) is 0 Å². The first-order chi connectivity index (χ1) is 9.08. The Morgan fingerprint density at radius 1 is 1.21 bits per heavy atom. The van der Waals surface area contributed by atoms with E-state index in [2.05, 4.69) is 0 Å². The minimum absolute atomic E-state index is 0.148. The number of hydrogen-bond donors (Lipinski definition) is 1. The largest absolute Gasteiger partial charge is 0.351 e. The summed E-state index contributed by atoms with van der Waals surface area (Å²) in [6.45, 7) is 0.279. The standard InChI is InChI=1S/C14H12ClFN2O/c15-12-8-11(16)6-7-13(12)18(14(17)19)9-10-4-2-1-3-5-10/h1-8H,9H2,(H2,17,19). The fourth-order valence-corrected chi connectivity index (χ4v) is 2.02. The molecule has 3 nitrogen and oxygen atoms in total. The Balaban J connectivity index is 2.33. The Kier molecular flexibility index (Phi) is 4.02. The van der Waals surface area contributed by atoms with E-state index in [4.69, 9.17) is 17.3 Å². The Labute approximate surface area is 115 Å². The summed E-state index contributed by atoms with van der Waals surface area (Å²) in [6, 6.07) is 12.5. The van der Waals surface area contributed by atoms with E-state index in [0.717, 1.165) is 11.6 Å². The molecule has 0 aliphatic carbocycles. The van der Waals surface area contributed by atoms with Crippen LogP contribution in [0.1, 0.15) is 5.56 Å². The highest BCUT2D eigenvalue weighted by molar-refractivity contribution is 6.33. The van der Waals surface area contributed by atoms with Crippen molar-refractivity contribution in [3.05, 3.63) is 64.9 Å². The number of primary amides is 1. The molecule has 0 unspecified atom stereocenters. The number of nitrogens with zero attached hydrogens (tertiary/aromatic N) is 1. The minimum atomic E-state index is -0.641. The second kappa shape index (κ2) is 5.71. The van der Waals surface area contributed by atoms with Crippen LogP contribution >= 0.6 is 11.6 Å². The van der Waals surface area contributed by atoms with Crippen LogP contribution in [0.3, 0.4) is 0 Å². The van der Waals surface area contributed by atoms with E-state index in [1.807, 2.05) is 30.3 Å². The normalized spacial score (nSPS) is 10.2. The second-order valence-electron chi connectivity index (χ2n) is 4.01. The summed E-state index contributed by atoms with van der Waals surface area (Å²) in [5.41, 5.74) is 6.65. The molecule has 0 atom stereocenters. The predicted octanol–water partition coefficient (Wildman–Crippen LogP) is 3.56. The van der Waals surface area contributed by atoms with Crippen molar-refractivity contribution >= 4 is 23.3 Å². The molecule has 2 amide bonds. The molecule has 0 fully saturated rings. The van der Waals surface area contributed by atoms with Crippen LogP contribution in [0.15, 0.2) is 48.5 Å². The molecule has 2 aromatic carbocycles. The van der Waals surface area contributed by atoms with E-state index < -0.39 is 11.8 Å². The fourth-order valence-electron chi connectivity index (χ4n) is 1.75. The lowest BCUT2D eigenvalue weighted by molar-refractivity contribution is 0.253. The highest BCUT2D eigenvalue weighted by Gasteiger charge is 2.16. The number of nitrogens with two attached hydrogens (primary N) is 1. The highest BCUT2D eigenvalue weighted by Crippen LogP contribution is 2.27. The zero-order valence-electron chi connectivity index (χ0n) is 10.0. The van der Waals surface area contributed by atoms with Gasteiger partial charge in [0.05, 0.1) is 17.3 Å². The second-order valence-corrected chi connectivity index (χ2v) is 4.41.